The number of para-hydroxylation sites is 1. The molecule has 6 nitrogen and oxygen atoms in total. The Kier molecular flexibility index (Phi) is 6.73. The van der Waals surface area contributed by atoms with Gasteiger partial charge in [0.15, 0.2) is 0 Å². The number of benzene rings is 3. The molecular formula is C29H29N3O3. The number of anilines is 1. The van der Waals surface area contributed by atoms with Crippen molar-refractivity contribution in [2.45, 2.75) is 25.8 Å². The smallest absolute Gasteiger partial charge is 0.261 e. The summed E-state index contributed by atoms with van der Waals surface area (Å²) in [6.45, 7) is 3.44. The molecule has 1 saturated heterocycles. The number of carbonyl (C=O) groups excluding carboxylic acids is 3. The molecular weight excluding hydrogens is 438 g/mol. The summed E-state index contributed by atoms with van der Waals surface area (Å²) < 4.78 is 0. The highest BCUT2D eigenvalue weighted by Gasteiger charge is 2.36. The van der Waals surface area contributed by atoms with E-state index in [9.17, 15) is 14.4 Å². The van der Waals surface area contributed by atoms with Gasteiger partial charge < -0.3 is 5.32 Å². The molecule has 5 rings (SSSR count). The van der Waals surface area contributed by atoms with Crippen LogP contribution in [0, 0.1) is 5.92 Å². The number of nitrogens with zero attached hydrogens (tertiary/aromatic N) is 2. The number of imide groups is 1. The lowest BCUT2D eigenvalue weighted by Gasteiger charge is -2.32. The van der Waals surface area contributed by atoms with E-state index in [1.807, 2.05) is 24.3 Å². The number of fused-ring (bicyclic) bond motifs is 1. The third-order valence-electron chi connectivity index (χ3n) is 6.98. The Balaban J connectivity index is 1.16. The van der Waals surface area contributed by atoms with Crippen LogP contribution >= 0.6 is 0 Å². The first kappa shape index (κ1) is 23.0. The normalized spacial score (nSPS) is 16.4. The van der Waals surface area contributed by atoms with Crippen molar-refractivity contribution in [2.24, 2.45) is 5.92 Å². The van der Waals surface area contributed by atoms with Gasteiger partial charge in [-0.05, 0) is 74.2 Å². The second kappa shape index (κ2) is 10.2. The number of hydrogen-bond donors (Lipinski definition) is 1. The third-order valence-corrected chi connectivity index (χ3v) is 6.98. The van der Waals surface area contributed by atoms with Crippen LogP contribution in [0.4, 0.5) is 5.69 Å². The topological polar surface area (TPSA) is 69.7 Å². The maximum absolute atomic E-state index is 13.0. The SMILES string of the molecule is O=C(Nc1ccccc1)c1ccc2c(c1)C(=O)N(CCC1CCN(Cc3ccccc3)CC1)C2=O. The summed E-state index contributed by atoms with van der Waals surface area (Å²) in [4.78, 5) is 42.4. The van der Waals surface area contributed by atoms with Gasteiger partial charge in [-0.1, -0.05) is 48.5 Å². The fourth-order valence-corrected chi connectivity index (χ4v) is 4.95. The maximum Gasteiger partial charge on any atom is 0.261 e. The molecule has 3 amide bonds. The molecule has 0 spiro atoms. The van der Waals surface area contributed by atoms with Crippen molar-refractivity contribution >= 4 is 23.4 Å². The fraction of sp³-hybridized carbons (Fsp3) is 0.276. The van der Waals surface area contributed by atoms with Crippen molar-refractivity contribution in [3.05, 3.63) is 101 Å². The van der Waals surface area contributed by atoms with Crippen molar-refractivity contribution in [3.63, 3.8) is 0 Å². The molecule has 6 heteroatoms. The monoisotopic (exact) mass is 467 g/mol. The Hall–Kier alpha value is -3.77. The van der Waals surface area contributed by atoms with E-state index in [0.717, 1.165) is 38.9 Å². The third kappa shape index (κ3) is 5.17. The molecule has 0 aliphatic carbocycles. The summed E-state index contributed by atoms with van der Waals surface area (Å²) in [5.41, 5.74) is 3.06. The summed E-state index contributed by atoms with van der Waals surface area (Å²) in [5, 5.41) is 2.82. The van der Waals surface area contributed by atoms with Crippen LogP contribution in [0.15, 0.2) is 78.9 Å². The predicted molar refractivity (Wildman–Crippen MR) is 135 cm³/mol. The van der Waals surface area contributed by atoms with E-state index in [1.165, 1.54) is 16.5 Å². The van der Waals surface area contributed by atoms with E-state index in [1.54, 1.807) is 24.3 Å². The van der Waals surface area contributed by atoms with Crippen molar-refractivity contribution in [1.29, 1.82) is 0 Å². The van der Waals surface area contributed by atoms with Gasteiger partial charge in [-0.15, -0.1) is 0 Å². The van der Waals surface area contributed by atoms with Crippen LogP contribution in [0.25, 0.3) is 0 Å². The van der Waals surface area contributed by atoms with E-state index >= 15 is 0 Å². The van der Waals surface area contributed by atoms with E-state index in [2.05, 4.69) is 34.5 Å². The zero-order valence-electron chi connectivity index (χ0n) is 19.7. The Morgan fingerprint density at radius 2 is 1.49 bits per heavy atom. The Labute approximate surface area is 205 Å². The molecule has 0 bridgehead atoms. The zero-order chi connectivity index (χ0) is 24.2. The summed E-state index contributed by atoms with van der Waals surface area (Å²) in [6, 6.07) is 24.4. The summed E-state index contributed by atoms with van der Waals surface area (Å²) in [7, 11) is 0. The molecule has 35 heavy (non-hydrogen) atoms. The number of piperidine rings is 1. The number of hydrogen-bond acceptors (Lipinski definition) is 4. The van der Waals surface area contributed by atoms with Gasteiger partial charge in [-0.2, -0.15) is 0 Å². The molecule has 0 aromatic heterocycles. The van der Waals surface area contributed by atoms with E-state index in [4.69, 9.17) is 0 Å². The van der Waals surface area contributed by atoms with Gasteiger partial charge in [0.25, 0.3) is 17.7 Å². The van der Waals surface area contributed by atoms with E-state index in [0.29, 0.717) is 34.8 Å². The number of rotatable bonds is 7. The largest absolute Gasteiger partial charge is 0.322 e. The van der Waals surface area contributed by atoms with E-state index in [-0.39, 0.29) is 17.7 Å². The first-order valence-corrected chi connectivity index (χ1v) is 12.2. The predicted octanol–water partition coefficient (Wildman–Crippen LogP) is 4.84. The minimum absolute atomic E-state index is 0.262. The molecule has 0 unspecified atom stereocenters. The van der Waals surface area contributed by atoms with Crippen molar-refractivity contribution in [2.75, 3.05) is 25.0 Å². The molecule has 0 saturated carbocycles. The highest BCUT2D eigenvalue weighted by molar-refractivity contribution is 6.22. The molecule has 0 atom stereocenters. The highest BCUT2D eigenvalue weighted by atomic mass is 16.2. The standard InChI is InChI=1S/C29H29N3O3/c33-27(30-24-9-5-2-6-10-24)23-11-12-25-26(19-23)29(35)32(28(25)34)18-15-21-13-16-31(17-14-21)20-22-7-3-1-4-8-22/h1-12,19,21H,13-18,20H2,(H,30,33). The van der Waals surface area contributed by atoms with Crippen molar-refractivity contribution in [3.8, 4) is 0 Å². The maximum atomic E-state index is 13.0. The Morgan fingerprint density at radius 1 is 0.829 bits per heavy atom. The molecule has 2 aliphatic heterocycles. The first-order valence-electron chi connectivity index (χ1n) is 12.2. The van der Waals surface area contributed by atoms with Gasteiger partial charge in [0.2, 0.25) is 0 Å². The average molecular weight is 468 g/mol. The number of likely N-dealkylation sites (tertiary alicyclic amines) is 1. The second-order valence-corrected chi connectivity index (χ2v) is 9.34. The number of amides is 3. The molecule has 2 aliphatic rings. The zero-order valence-corrected chi connectivity index (χ0v) is 19.7. The van der Waals surface area contributed by atoms with Gasteiger partial charge in [0.1, 0.15) is 0 Å². The highest BCUT2D eigenvalue weighted by Crippen LogP contribution is 2.27. The number of nitrogens with one attached hydrogen (secondary N) is 1. The van der Waals surface area contributed by atoms with Crippen LogP contribution in [0.5, 0.6) is 0 Å². The van der Waals surface area contributed by atoms with Gasteiger partial charge in [0, 0.05) is 24.3 Å². The minimum atomic E-state index is -0.306. The lowest BCUT2D eigenvalue weighted by atomic mass is 9.93. The van der Waals surface area contributed by atoms with Crippen LogP contribution < -0.4 is 5.32 Å². The summed E-state index contributed by atoms with van der Waals surface area (Å²) in [6.07, 6.45) is 2.95. The Morgan fingerprint density at radius 3 is 2.20 bits per heavy atom. The Bertz CT molecular complexity index is 1220. The van der Waals surface area contributed by atoms with Crippen LogP contribution in [0.1, 0.15) is 55.9 Å². The molecule has 178 valence electrons. The average Bonchev–Trinajstić information content (AvgIpc) is 3.13. The van der Waals surface area contributed by atoms with Crippen LogP contribution in [-0.4, -0.2) is 47.2 Å². The fourth-order valence-electron chi connectivity index (χ4n) is 4.95. The summed E-state index contributed by atoms with van der Waals surface area (Å²) >= 11 is 0. The van der Waals surface area contributed by atoms with Crippen LogP contribution in [-0.2, 0) is 6.54 Å². The number of carbonyl (C=O) groups is 3. The van der Waals surface area contributed by atoms with Crippen LogP contribution in [0.3, 0.4) is 0 Å². The van der Waals surface area contributed by atoms with Gasteiger partial charge in [-0.3, -0.25) is 24.2 Å². The molecule has 3 aromatic rings. The molecule has 2 heterocycles. The second-order valence-electron chi connectivity index (χ2n) is 9.34. The summed E-state index contributed by atoms with van der Waals surface area (Å²) in [5.74, 6) is -0.374. The quantitative estimate of drug-likeness (QED) is 0.505. The van der Waals surface area contributed by atoms with E-state index < -0.39 is 0 Å². The lowest BCUT2D eigenvalue weighted by molar-refractivity contribution is 0.0636. The van der Waals surface area contributed by atoms with Crippen LogP contribution in [0.2, 0.25) is 0 Å². The molecule has 0 radical (unpaired) electrons. The van der Waals surface area contributed by atoms with Crippen molar-refractivity contribution in [1.82, 2.24) is 9.80 Å². The van der Waals surface area contributed by atoms with Gasteiger partial charge >= 0.3 is 0 Å². The first-order chi connectivity index (χ1) is 17.1. The van der Waals surface area contributed by atoms with Crippen molar-refractivity contribution < 1.29 is 14.4 Å². The lowest BCUT2D eigenvalue weighted by Crippen LogP contribution is -2.36. The molecule has 1 fully saturated rings. The minimum Gasteiger partial charge on any atom is -0.322 e. The molecule has 3 aromatic carbocycles. The molecule has 1 N–H and O–H groups in total. The van der Waals surface area contributed by atoms with Gasteiger partial charge in [0.05, 0.1) is 11.1 Å². The van der Waals surface area contributed by atoms with Gasteiger partial charge in [-0.25, -0.2) is 0 Å².